The van der Waals surface area contributed by atoms with E-state index < -0.39 is 11.6 Å². The summed E-state index contributed by atoms with van der Waals surface area (Å²) in [6, 6.07) is 2.91. The number of rotatable bonds is 4. The molecule has 1 aromatic carbocycles. The van der Waals surface area contributed by atoms with E-state index in [2.05, 4.69) is 26.2 Å². The van der Waals surface area contributed by atoms with Crippen LogP contribution in [-0.2, 0) is 6.54 Å². The van der Waals surface area contributed by atoms with Crippen LogP contribution in [0.1, 0.15) is 18.5 Å². The number of hydrogen-bond donors (Lipinski definition) is 1. The molecule has 1 heterocycles. The van der Waals surface area contributed by atoms with E-state index in [9.17, 15) is 8.78 Å². The fourth-order valence-corrected chi connectivity index (χ4v) is 2.19. The molecule has 0 amide bonds. The van der Waals surface area contributed by atoms with Gasteiger partial charge in [-0.15, -0.1) is 0 Å². The molecular formula is C13H11BrF2N2O. The van der Waals surface area contributed by atoms with Crippen LogP contribution in [0.3, 0.4) is 0 Å². The van der Waals surface area contributed by atoms with E-state index in [-0.39, 0.29) is 11.5 Å². The van der Waals surface area contributed by atoms with Gasteiger partial charge in [-0.05, 0) is 25.0 Å². The SMILES string of the molecule is Fc1cc(Br)cc(F)c1-c1nc(CNC2CC2)co1. The van der Waals surface area contributed by atoms with Gasteiger partial charge in [0.15, 0.2) is 0 Å². The summed E-state index contributed by atoms with van der Waals surface area (Å²) in [4.78, 5) is 4.11. The number of nitrogens with zero attached hydrogens (tertiary/aromatic N) is 1. The van der Waals surface area contributed by atoms with Gasteiger partial charge in [-0.25, -0.2) is 13.8 Å². The zero-order valence-corrected chi connectivity index (χ0v) is 11.5. The second-order valence-corrected chi connectivity index (χ2v) is 5.46. The lowest BCUT2D eigenvalue weighted by atomic mass is 10.2. The second-order valence-electron chi connectivity index (χ2n) is 4.54. The molecule has 1 fully saturated rings. The lowest BCUT2D eigenvalue weighted by Gasteiger charge is -2.01. The van der Waals surface area contributed by atoms with Crippen LogP contribution in [0.2, 0.25) is 0 Å². The van der Waals surface area contributed by atoms with Crippen LogP contribution >= 0.6 is 15.9 Å². The highest BCUT2D eigenvalue weighted by Gasteiger charge is 2.22. The molecule has 0 bridgehead atoms. The van der Waals surface area contributed by atoms with Crippen molar-refractivity contribution in [1.29, 1.82) is 0 Å². The number of benzene rings is 1. The van der Waals surface area contributed by atoms with Crippen molar-refractivity contribution in [2.45, 2.75) is 25.4 Å². The minimum absolute atomic E-state index is 0.0323. The fourth-order valence-electron chi connectivity index (χ4n) is 1.79. The summed E-state index contributed by atoms with van der Waals surface area (Å²) in [6.45, 7) is 0.550. The lowest BCUT2D eigenvalue weighted by Crippen LogP contribution is -2.15. The van der Waals surface area contributed by atoms with Crippen LogP contribution in [0.25, 0.3) is 11.5 Å². The molecule has 100 valence electrons. The van der Waals surface area contributed by atoms with Crippen LogP contribution in [0.5, 0.6) is 0 Å². The molecule has 3 rings (SSSR count). The molecule has 0 radical (unpaired) electrons. The first-order valence-corrected chi connectivity index (χ1v) is 6.75. The highest BCUT2D eigenvalue weighted by atomic mass is 79.9. The van der Waals surface area contributed by atoms with Gasteiger partial charge < -0.3 is 9.73 Å². The van der Waals surface area contributed by atoms with Gasteiger partial charge in [-0.2, -0.15) is 0 Å². The number of hydrogen-bond acceptors (Lipinski definition) is 3. The van der Waals surface area contributed by atoms with Crippen molar-refractivity contribution in [3.05, 3.63) is 40.2 Å². The Morgan fingerprint density at radius 2 is 2.00 bits per heavy atom. The summed E-state index contributed by atoms with van der Waals surface area (Å²) in [6.07, 6.45) is 3.76. The van der Waals surface area contributed by atoms with Gasteiger partial charge in [0, 0.05) is 17.1 Å². The van der Waals surface area contributed by atoms with Crippen molar-refractivity contribution in [3.63, 3.8) is 0 Å². The average Bonchev–Trinajstić information content (AvgIpc) is 3.05. The molecule has 0 spiro atoms. The predicted molar refractivity (Wildman–Crippen MR) is 69.4 cm³/mol. The van der Waals surface area contributed by atoms with Gasteiger partial charge in [0.25, 0.3) is 0 Å². The maximum Gasteiger partial charge on any atom is 0.232 e. The lowest BCUT2D eigenvalue weighted by molar-refractivity contribution is 0.540. The van der Waals surface area contributed by atoms with E-state index >= 15 is 0 Å². The first-order valence-electron chi connectivity index (χ1n) is 5.96. The monoisotopic (exact) mass is 328 g/mol. The topological polar surface area (TPSA) is 38.1 Å². The third-order valence-electron chi connectivity index (χ3n) is 2.92. The van der Waals surface area contributed by atoms with E-state index in [0.29, 0.717) is 22.8 Å². The van der Waals surface area contributed by atoms with E-state index in [1.807, 2.05) is 0 Å². The predicted octanol–water partition coefficient (Wildman–Crippen LogP) is 3.63. The molecule has 1 aromatic heterocycles. The Morgan fingerprint density at radius 1 is 1.32 bits per heavy atom. The summed E-state index contributed by atoms with van der Waals surface area (Å²) in [5.74, 6) is -1.43. The molecule has 1 aliphatic carbocycles. The zero-order chi connectivity index (χ0) is 13.4. The number of nitrogens with one attached hydrogen (secondary N) is 1. The largest absolute Gasteiger partial charge is 0.444 e. The van der Waals surface area contributed by atoms with Crippen molar-refractivity contribution in [1.82, 2.24) is 10.3 Å². The Labute approximate surface area is 117 Å². The highest BCUT2D eigenvalue weighted by Crippen LogP contribution is 2.28. The summed E-state index contributed by atoms with van der Waals surface area (Å²) < 4.78 is 33.0. The third kappa shape index (κ3) is 2.84. The summed E-state index contributed by atoms with van der Waals surface area (Å²) in [5.41, 5.74) is 0.407. The number of oxazole rings is 1. The summed E-state index contributed by atoms with van der Waals surface area (Å²) in [7, 11) is 0. The van der Waals surface area contributed by atoms with E-state index in [4.69, 9.17) is 4.42 Å². The van der Waals surface area contributed by atoms with Crippen molar-refractivity contribution < 1.29 is 13.2 Å². The average molecular weight is 329 g/mol. The minimum atomic E-state index is -0.699. The van der Waals surface area contributed by atoms with E-state index in [1.54, 1.807) is 0 Å². The van der Waals surface area contributed by atoms with E-state index in [0.717, 1.165) is 0 Å². The normalized spacial score (nSPS) is 14.9. The minimum Gasteiger partial charge on any atom is -0.444 e. The molecule has 3 nitrogen and oxygen atoms in total. The third-order valence-corrected chi connectivity index (χ3v) is 3.38. The molecule has 1 saturated carbocycles. The Balaban J connectivity index is 1.85. The van der Waals surface area contributed by atoms with Gasteiger partial charge in [-0.1, -0.05) is 15.9 Å². The Morgan fingerprint density at radius 3 is 2.63 bits per heavy atom. The molecule has 1 N–H and O–H groups in total. The molecule has 1 aliphatic rings. The second kappa shape index (κ2) is 5.02. The van der Waals surface area contributed by atoms with Crippen molar-refractivity contribution in [3.8, 4) is 11.5 Å². The zero-order valence-electron chi connectivity index (χ0n) is 9.92. The Kier molecular flexibility index (Phi) is 3.36. The van der Waals surface area contributed by atoms with Gasteiger partial charge >= 0.3 is 0 Å². The molecular weight excluding hydrogens is 318 g/mol. The fraction of sp³-hybridized carbons (Fsp3) is 0.308. The van der Waals surface area contributed by atoms with Crippen molar-refractivity contribution in [2.24, 2.45) is 0 Å². The first-order chi connectivity index (χ1) is 9.13. The van der Waals surface area contributed by atoms with E-state index in [1.165, 1.54) is 31.2 Å². The molecule has 0 saturated heterocycles. The molecule has 0 atom stereocenters. The summed E-state index contributed by atoms with van der Waals surface area (Å²) in [5, 5.41) is 3.26. The van der Waals surface area contributed by atoms with Gasteiger partial charge in [0.05, 0.1) is 5.69 Å². The standard InChI is InChI=1S/C13H11BrF2N2O/c14-7-3-10(15)12(11(16)4-7)13-18-9(6-19-13)5-17-8-1-2-8/h3-4,6,8,17H,1-2,5H2. The quantitative estimate of drug-likeness (QED) is 0.931. The maximum absolute atomic E-state index is 13.7. The number of halogens is 3. The van der Waals surface area contributed by atoms with Gasteiger partial charge in [0.2, 0.25) is 5.89 Å². The smallest absolute Gasteiger partial charge is 0.232 e. The van der Waals surface area contributed by atoms with Crippen LogP contribution in [0, 0.1) is 11.6 Å². The first kappa shape index (κ1) is 12.7. The van der Waals surface area contributed by atoms with Crippen molar-refractivity contribution in [2.75, 3.05) is 0 Å². The number of aromatic nitrogens is 1. The van der Waals surface area contributed by atoms with Crippen LogP contribution in [-0.4, -0.2) is 11.0 Å². The molecule has 6 heteroatoms. The molecule has 19 heavy (non-hydrogen) atoms. The van der Waals surface area contributed by atoms with Crippen LogP contribution < -0.4 is 5.32 Å². The summed E-state index contributed by atoms with van der Waals surface area (Å²) >= 11 is 3.03. The van der Waals surface area contributed by atoms with Crippen LogP contribution in [0.4, 0.5) is 8.78 Å². The maximum atomic E-state index is 13.7. The van der Waals surface area contributed by atoms with Crippen LogP contribution in [0.15, 0.2) is 27.3 Å². The molecule has 0 aliphatic heterocycles. The molecule has 0 unspecified atom stereocenters. The Hall–Kier alpha value is -1.27. The molecule has 2 aromatic rings. The van der Waals surface area contributed by atoms with Gasteiger partial charge in [-0.3, -0.25) is 0 Å². The van der Waals surface area contributed by atoms with Gasteiger partial charge in [0.1, 0.15) is 23.5 Å². The van der Waals surface area contributed by atoms with Crippen molar-refractivity contribution >= 4 is 15.9 Å². The Bertz CT molecular complexity index is 587. The highest BCUT2D eigenvalue weighted by molar-refractivity contribution is 9.10.